The van der Waals surface area contributed by atoms with Gasteiger partial charge in [-0.3, -0.25) is 9.48 Å². The van der Waals surface area contributed by atoms with Gasteiger partial charge in [0.05, 0.1) is 17.9 Å². The molecule has 0 aliphatic heterocycles. The molecule has 1 amide bonds. The van der Waals surface area contributed by atoms with Crippen molar-refractivity contribution >= 4 is 22.3 Å². The Morgan fingerprint density at radius 2 is 1.77 bits per heavy atom. The number of fused-ring (bicyclic) bond motifs is 2. The molecule has 0 aliphatic carbocycles. The smallest absolute Gasteiger partial charge is 0.334 e. The second kappa shape index (κ2) is 8.53. The van der Waals surface area contributed by atoms with Crippen molar-refractivity contribution in [2.45, 2.75) is 26.2 Å². The van der Waals surface area contributed by atoms with Crippen molar-refractivity contribution < 1.29 is 18.0 Å². The second-order valence-electron chi connectivity index (χ2n) is 8.21. The van der Waals surface area contributed by atoms with Crippen LogP contribution in [-0.4, -0.2) is 42.2 Å². The Morgan fingerprint density at radius 3 is 2.49 bits per heavy atom. The first kappa shape index (κ1) is 22.6. The van der Waals surface area contributed by atoms with Crippen LogP contribution in [0.25, 0.3) is 27.7 Å². The zero-order valence-electron chi connectivity index (χ0n) is 19.0. The van der Waals surface area contributed by atoms with Crippen molar-refractivity contribution in [3.8, 4) is 11.3 Å². The van der Waals surface area contributed by atoms with Gasteiger partial charge in [0.2, 0.25) is 0 Å². The van der Waals surface area contributed by atoms with Gasteiger partial charge in [-0.25, -0.2) is 9.50 Å². The highest BCUT2D eigenvalue weighted by Crippen LogP contribution is 2.33. The molecule has 35 heavy (non-hydrogen) atoms. The van der Waals surface area contributed by atoms with E-state index in [4.69, 9.17) is 0 Å². The second-order valence-corrected chi connectivity index (χ2v) is 8.21. The van der Waals surface area contributed by atoms with Crippen molar-refractivity contribution in [2.24, 2.45) is 0 Å². The van der Waals surface area contributed by atoms with Gasteiger partial charge in [0.1, 0.15) is 0 Å². The van der Waals surface area contributed by atoms with Crippen molar-refractivity contribution in [1.29, 1.82) is 0 Å². The number of amides is 1. The Labute approximate surface area is 198 Å². The normalized spacial score (nSPS) is 11.9. The van der Waals surface area contributed by atoms with Gasteiger partial charge in [0.25, 0.3) is 5.91 Å². The van der Waals surface area contributed by atoms with E-state index in [1.807, 2.05) is 37.3 Å². The molecule has 178 valence electrons. The van der Waals surface area contributed by atoms with Crippen LogP contribution in [0.4, 0.5) is 13.2 Å². The highest BCUT2D eigenvalue weighted by Gasteiger charge is 2.36. The van der Waals surface area contributed by atoms with Crippen LogP contribution >= 0.6 is 0 Å². The largest absolute Gasteiger partial charge is 0.433 e. The van der Waals surface area contributed by atoms with E-state index in [0.29, 0.717) is 22.3 Å². The molecule has 0 saturated heterocycles. The number of carbonyl (C=O) groups is 1. The molecular weight excluding hydrogens is 457 g/mol. The van der Waals surface area contributed by atoms with E-state index in [0.717, 1.165) is 16.8 Å². The van der Waals surface area contributed by atoms with E-state index < -0.39 is 17.8 Å². The quantitative estimate of drug-likeness (QED) is 0.354. The lowest BCUT2D eigenvalue weighted by Gasteiger charge is -2.14. The number of nitrogens with zero attached hydrogens (tertiary/aromatic N) is 6. The molecule has 10 heteroatoms. The van der Waals surface area contributed by atoms with Crippen LogP contribution in [0.2, 0.25) is 0 Å². The number of aromatic nitrogens is 5. The third-order valence-corrected chi connectivity index (χ3v) is 5.75. The lowest BCUT2D eigenvalue weighted by molar-refractivity contribution is -0.142. The summed E-state index contributed by atoms with van der Waals surface area (Å²) in [6.45, 7) is 2.83. The first-order valence-electron chi connectivity index (χ1n) is 11.0. The van der Waals surface area contributed by atoms with E-state index in [9.17, 15) is 18.0 Å². The van der Waals surface area contributed by atoms with Gasteiger partial charge in [-0.2, -0.15) is 23.4 Å². The van der Waals surface area contributed by atoms with Gasteiger partial charge in [0, 0.05) is 31.4 Å². The average Bonchev–Trinajstić information content (AvgIpc) is 3.48. The van der Waals surface area contributed by atoms with E-state index in [1.165, 1.54) is 11.0 Å². The minimum atomic E-state index is -4.70. The maximum atomic E-state index is 14.0. The summed E-state index contributed by atoms with van der Waals surface area (Å²) in [5, 5.41) is 10.2. The highest BCUT2D eigenvalue weighted by atomic mass is 19.4. The number of rotatable bonds is 5. The van der Waals surface area contributed by atoms with Crippen LogP contribution in [0.5, 0.6) is 0 Å². The van der Waals surface area contributed by atoms with Gasteiger partial charge in [-0.15, -0.1) is 0 Å². The first-order valence-corrected chi connectivity index (χ1v) is 11.0. The number of halogens is 3. The molecule has 0 atom stereocenters. The number of alkyl halides is 3. The summed E-state index contributed by atoms with van der Waals surface area (Å²) < 4.78 is 44.3. The molecule has 5 aromatic rings. The zero-order chi connectivity index (χ0) is 24.7. The summed E-state index contributed by atoms with van der Waals surface area (Å²) in [5.41, 5.74) is 0.154. The molecule has 3 heterocycles. The molecule has 2 aromatic carbocycles. The first-order chi connectivity index (χ1) is 16.7. The summed E-state index contributed by atoms with van der Waals surface area (Å²) in [5.74, 6) is -0.526. The molecule has 0 radical (unpaired) electrons. The summed E-state index contributed by atoms with van der Waals surface area (Å²) in [4.78, 5) is 18.7. The monoisotopic (exact) mass is 478 g/mol. The fourth-order valence-corrected chi connectivity index (χ4v) is 3.95. The van der Waals surface area contributed by atoms with Gasteiger partial charge in [0.15, 0.2) is 17.0 Å². The van der Waals surface area contributed by atoms with Crippen molar-refractivity contribution in [3.05, 3.63) is 83.9 Å². The fourth-order valence-electron chi connectivity index (χ4n) is 3.95. The van der Waals surface area contributed by atoms with Crippen LogP contribution in [0.3, 0.4) is 0 Å². The number of carbonyl (C=O) groups excluding carboxylic acids is 1. The summed E-state index contributed by atoms with van der Waals surface area (Å²) in [7, 11) is 1.55. The molecule has 0 spiro atoms. The van der Waals surface area contributed by atoms with E-state index in [-0.39, 0.29) is 23.6 Å². The maximum absolute atomic E-state index is 14.0. The number of benzene rings is 2. The van der Waals surface area contributed by atoms with Gasteiger partial charge >= 0.3 is 6.18 Å². The van der Waals surface area contributed by atoms with Crippen molar-refractivity contribution in [3.63, 3.8) is 0 Å². The molecule has 0 saturated carbocycles. The van der Waals surface area contributed by atoms with E-state index >= 15 is 0 Å². The fraction of sp³-hybridized carbons (Fsp3) is 0.200. The van der Waals surface area contributed by atoms with Crippen LogP contribution in [-0.2, 0) is 19.3 Å². The Morgan fingerprint density at radius 1 is 1.00 bits per heavy atom. The highest BCUT2D eigenvalue weighted by molar-refractivity contribution is 5.93. The molecule has 0 bridgehead atoms. The molecule has 5 rings (SSSR count). The summed E-state index contributed by atoms with van der Waals surface area (Å²) in [6, 6.07) is 17.0. The van der Waals surface area contributed by atoms with Crippen molar-refractivity contribution in [2.75, 3.05) is 7.05 Å². The molecule has 3 aromatic heterocycles. The van der Waals surface area contributed by atoms with Crippen LogP contribution in [0.1, 0.15) is 28.8 Å². The Balaban J connectivity index is 1.54. The van der Waals surface area contributed by atoms with Crippen LogP contribution in [0, 0.1) is 0 Å². The Bertz CT molecular complexity index is 1550. The third-order valence-electron chi connectivity index (χ3n) is 5.75. The topological polar surface area (TPSA) is 68.3 Å². The number of hydrogen-bond acceptors (Lipinski definition) is 4. The Kier molecular flexibility index (Phi) is 5.50. The number of hydrogen-bond donors (Lipinski definition) is 0. The molecule has 0 aliphatic rings. The Hall–Kier alpha value is -4.21. The SMILES string of the molecule is CCn1ccc(CN(C)C(=O)c2cc3nc(-c4ccc5ccccc5c4)cc(C(F)(F)F)n3n2)n1. The molecular formula is C25H21F3N6O. The predicted molar refractivity (Wildman–Crippen MR) is 125 cm³/mol. The summed E-state index contributed by atoms with van der Waals surface area (Å²) >= 11 is 0. The number of aryl methyl sites for hydroxylation is 1. The standard InChI is InChI=1S/C25H21F3N6O/c1-3-33-11-10-19(30-33)15-32(2)24(35)21-14-23-29-20(13-22(25(26,27)28)34(23)31-21)18-9-8-16-6-4-5-7-17(16)12-18/h4-14H,3,15H2,1-2H3. The lowest BCUT2D eigenvalue weighted by atomic mass is 10.0. The van der Waals surface area contributed by atoms with Gasteiger partial charge in [-0.05, 0) is 35.9 Å². The van der Waals surface area contributed by atoms with Gasteiger partial charge in [-0.1, -0.05) is 36.4 Å². The molecule has 0 N–H and O–H groups in total. The van der Waals surface area contributed by atoms with Gasteiger partial charge < -0.3 is 4.90 Å². The summed E-state index contributed by atoms with van der Waals surface area (Å²) in [6.07, 6.45) is -2.90. The molecule has 0 unspecified atom stereocenters. The average molecular weight is 478 g/mol. The van der Waals surface area contributed by atoms with Crippen molar-refractivity contribution in [1.82, 2.24) is 29.3 Å². The third kappa shape index (κ3) is 4.34. The van der Waals surface area contributed by atoms with Crippen LogP contribution in [0.15, 0.2) is 66.9 Å². The van der Waals surface area contributed by atoms with E-state index in [1.54, 1.807) is 36.1 Å². The maximum Gasteiger partial charge on any atom is 0.433 e. The molecule has 7 nitrogen and oxygen atoms in total. The van der Waals surface area contributed by atoms with Crippen LogP contribution < -0.4 is 0 Å². The predicted octanol–water partition coefficient (Wildman–Crippen LogP) is 5.06. The lowest BCUT2D eigenvalue weighted by Crippen LogP contribution is -2.27. The van der Waals surface area contributed by atoms with E-state index in [2.05, 4.69) is 15.2 Å². The minimum absolute atomic E-state index is 0.0602. The minimum Gasteiger partial charge on any atom is -0.334 e. The zero-order valence-corrected chi connectivity index (χ0v) is 19.0. The molecule has 0 fully saturated rings.